The molecule has 1 heterocycles. The molecule has 0 saturated carbocycles. The Hall–Kier alpha value is -2.51. The molecule has 0 spiro atoms. The van der Waals surface area contributed by atoms with Crippen LogP contribution in [0.15, 0.2) is 42.6 Å². The van der Waals surface area contributed by atoms with Gasteiger partial charge in [-0.2, -0.15) is 0 Å². The first kappa shape index (κ1) is 13.9. The minimum atomic E-state index is -0.116. The molecule has 1 amide bonds. The van der Waals surface area contributed by atoms with Crippen LogP contribution in [0.1, 0.15) is 34.6 Å². The highest BCUT2D eigenvalue weighted by Crippen LogP contribution is 2.13. The van der Waals surface area contributed by atoms with Gasteiger partial charge in [0.15, 0.2) is 0 Å². The Labute approximate surface area is 118 Å². The molecule has 1 aromatic carbocycles. The van der Waals surface area contributed by atoms with E-state index in [0.717, 1.165) is 11.1 Å². The quantitative estimate of drug-likeness (QED) is 0.742. The molecule has 4 N–H and O–H groups in total. The predicted octanol–water partition coefficient (Wildman–Crippen LogP) is 1.82. The van der Waals surface area contributed by atoms with E-state index >= 15 is 0 Å². The van der Waals surface area contributed by atoms with Crippen LogP contribution >= 0.6 is 0 Å². The van der Waals surface area contributed by atoms with Crippen molar-refractivity contribution < 1.29 is 4.79 Å². The van der Waals surface area contributed by atoms with Crippen LogP contribution in [-0.2, 0) is 0 Å². The third-order valence-corrected chi connectivity index (χ3v) is 2.94. The minimum Gasteiger partial charge on any atom is -0.357 e. The highest BCUT2D eigenvalue weighted by Gasteiger charge is 2.11. The van der Waals surface area contributed by atoms with Crippen LogP contribution in [0.2, 0.25) is 0 Å². The second kappa shape index (κ2) is 6.60. The second-order valence-electron chi connectivity index (χ2n) is 4.41. The Morgan fingerprint density at radius 2 is 2.10 bits per heavy atom. The van der Waals surface area contributed by atoms with E-state index < -0.39 is 0 Å². The number of carbonyl (C=O) groups excluding carboxylic acids is 1. The van der Waals surface area contributed by atoms with Crippen LogP contribution in [0.25, 0.3) is 0 Å². The van der Waals surface area contributed by atoms with Crippen molar-refractivity contribution in [2.75, 3.05) is 6.54 Å². The topological polar surface area (TPSA) is 70.9 Å². The van der Waals surface area contributed by atoms with Gasteiger partial charge in [-0.25, -0.2) is 0 Å². The maximum Gasteiger partial charge on any atom is 0.268 e. The van der Waals surface area contributed by atoms with Crippen molar-refractivity contribution in [1.82, 2.24) is 10.3 Å². The average molecular weight is 267 g/mol. The zero-order valence-corrected chi connectivity index (χ0v) is 11.3. The minimum absolute atomic E-state index is 0.0673. The molecule has 4 heteroatoms. The Morgan fingerprint density at radius 3 is 2.70 bits per heavy atom. The molecule has 1 aromatic heterocycles. The molecule has 0 aliphatic rings. The van der Waals surface area contributed by atoms with Gasteiger partial charge in [0.25, 0.3) is 5.91 Å². The zero-order valence-electron chi connectivity index (χ0n) is 11.3. The van der Waals surface area contributed by atoms with Gasteiger partial charge in [0, 0.05) is 11.8 Å². The van der Waals surface area contributed by atoms with Gasteiger partial charge in [-0.05, 0) is 36.8 Å². The average Bonchev–Trinajstić information content (AvgIpc) is 3.00. The molecule has 0 saturated heterocycles. The van der Waals surface area contributed by atoms with Crippen LogP contribution in [0.4, 0.5) is 0 Å². The number of carbonyl (C=O) groups is 1. The summed E-state index contributed by atoms with van der Waals surface area (Å²) in [6.45, 7) is 2.30. The number of hydrogen-bond acceptors (Lipinski definition) is 2. The van der Waals surface area contributed by atoms with E-state index in [4.69, 9.17) is 5.73 Å². The summed E-state index contributed by atoms with van der Waals surface area (Å²) in [5.74, 6) is 5.66. The van der Waals surface area contributed by atoms with Crippen molar-refractivity contribution in [2.45, 2.75) is 13.0 Å². The van der Waals surface area contributed by atoms with Crippen molar-refractivity contribution in [3.05, 3.63) is 59.4 Å². The van der Waals surface area contributed by atoms with Gasteiger partial charge >= 0.3 is 0 Å². The lowest BCUT2D eigenvalue weighted by molar-refractivity contribution is 0.0935. The lowest BCUT2D eigenvalue weighted by Crippen LogP contribution is -2.26. The molecule has 102 valence electrons. The van der Waals surface area contributed by atoms with Crippen LogP contribution in [-0.4, -0.2) is 17.4 Å². The fraction of sp³-hybridized carbons (Fsp3) is 0.188. The highest BCUT2D eigenvalue weighted by atomic mass is 16.1. The summed E-state index contributed by atoms with van der Waals surface area (Å²) in [5, 5.41) is 2.93. The van der Waals surface area contributed by atoms with Crippen molar-refractivity contribution in [3.63, 3.8) is 0 Å². The SMILES string of the molecule is CC(NC(=O)c1ccc[nH]1)c1ccc(C#CCN)cc1. The fourth-order valence-electron chi connectivity index (χ4n) is 1.84. The molecule has 0 radical (unpaired) electrons. The van der Waals surface area contributed by atoms with E-state index in [1.807, 2.05) is 31.2 Å². The van der Waals surface area contributed by atoms with Crippen molar-refractivity contribution >= 4 is 5.91 Å². The first-order valence-electron chi connectivity index (χ1n) is 6.44. The summed E-state index contributed by atoms with van der Waals surface area (Å²) >= 11 is 0. The summed E-state index contributed by atoms with van der Waals surface area (Å²) in [4.78, 5) is 14.8. The van der Waals surface area contributed by atoms with E-state index in [2.05, 4.69) is 22.1 Å². The number of hydrogen-bond donors (Lipinski definition) is 3. The highest BCUT2D eigenvalue weighted by molar-refractivity contribution is 5.92. The Bertz CT molecular complexity index is 618. The summed E-state index contributed by atoms with van der Waals surface area (Å²) in [5.41, 5.74) is 7.84. The lowest BCUT2D eigenvalue weighted by atomic mass is 10.1. The zero-order chi connectivity index (χ0) is 14.4. The maximum atomic E-state index is 11.9. The third-order valence-electron chi connectivity index (χ3n) is 2.94. The Balaban J connectivity index is 2.02. The van der Waals surface area contributed by atoms with Crippen LogP contribution < -0.4 is 11.1 Å². The number of amides is 1. The molecular weight excluding hydrogens is 250 g/mol. The smallest absolute Gasteiger partial charge is 0.268 e. The number of rotatable bonds is 3. The normalized spacial score (nSPS) is 11.3. The van der Waals surface area contributed by atoms with E-state index in [-0.39, 0.29) is 11.9 Å². The molecule has 4 nitrogen and oxygen atoms in total. The first-order chi connectivity index (χ1) is 9.70. The van der Waals surface area contributed by atoms with Crippen LogP contribution in [0.5, 0.6) is 0 Å². The monoisotopic (exact) mass is 267 g/mol. The van der Waals surface area contributed by atoms with Crippen molar-refractivity contribution in [3.8, 4) is 11.8 Å². The summed E-state index contributed by atoms with van der Waals surface area (Å²) in [6, 6.07) is 11.2. The van der Waals surface area contributed by atoms with Gasteiger partial charge in [0.2, 0.25) is 0 Å². The molecular formula is C16H17N3O. The molecule has 1 unspecified atom stereocenters. The number of nitrogens with two attached hydrogens (primary N) is 1. The summed E-state index contributed by atoms with van der Waals surface area (Å²) < 4.78 is 0. The molecule has 1 atom stereocenters. The number of aromatic nitrogens is 1. The molecule has 0 aliphatic heterocycles. The third kappa shape index (κ3) is 3.50. The maximum absolute atomic E-state index is 11.9. The summed E-state index contributed by atoms with van der Waals surface area (Å²) in [6.07, 6.45) is 1.73. The van der Waals surface area contributed by atoms with Crippen LogP contribution in [0.3, 0.4) is 0 Å². The Kier molecular flexibility index (Phi) is 4.59. The molecule has 0 aliphatic carbocycles. The second-order valence-corrected chi connectivity index (χ2v) is 4.41. The number of H-pyrrole nitrogens is 1. The van der Waals surface area contributed by atoms with Gasteiger partial charge < -0.3 is 16.0 Å². The molecule has 0 bridgehead atoms. The molecule has 2 rings (SSSR count). The van der Waals surface area contributed by atoms with Crippen molar-refractivity contribution in [2.24, 2.45) is 5.73 Å². The standard InChI is InChI=1S/C16H17N3O/c1-12(19-16(20)15-5-3-11-18-15)14-8-6-13(7-9-14)4-2-10-17/h3,5-9,11-12,18H,10,17H2,1H3,(H,19,20). The Morgan fingerprint density at radius 1 is 1.35 bits per heavy atom. The van der Waals surface area contributed by atoms with E-state index in [1.54, 1.807) is 18.3 Å². The first-order valence-corrected chi connectivity index (χ1v) is 6.44. The summed E-state index contributed by atoms with van der Waals surface area (Å²) in [7, 11) is 0. The van der Waals surface area contributed by atoms with Gasteiger partial charge in [-0.3, -0.25) is 4.79 Å². The van der Waals surface area contributed by atoms with E-state index in [9.17, 15) is 4.79 Å². The number of aromatic amines is 1. The van der Waals surface area contributed by atoms with Gasteiger partial charge in [-0.15, -0.1) is 0 Å². The predicted molar refractivity (Wildman–Crippen MR) is 79.0 cm³/mol. The van der Waals surface area contributed by atoms with E-state index in [1.165, 1.54) is 0 Å². The fourth-order valence-corrected chi connectivity index (χ4v) is 1.84. The lowest BCUT2D eigenvalue weighted by Gasteiger charge is -2.13. The van der Waals surface area contributed by atoms with Crippen LogP contribution in [0, 0.1) is 11.8 Å². The van der Waals surface area contributed by atoms with Gasteiger partial charge in [0.05, 0.1) is 12.6 Å². The molecule has 20 heavy (non-hydrogen) atoms. The van der Waals surface area contributed by atoms with Crippen molar-refractivity contribution in [1.29, 1.82) is 0 Å². The molecule has 0 fully saturated rings. The largest absolute Gasteiger partial charge is 0.357 e. The molecule has 2 aromatic rings. The number of nitrogens with one attached hydrogen (secondary N) is 2. The van der Waals surface area contributed by atoms with Gasteiger partial charge in [-0.1, -0.05) is 24.0 Å². The number of benzene rings is 1. The van der Waals surface area contributed by atoms with E-state index in [0.29, 0.717) is 12.2 Å². The van der Waals surface area contributed by atoms with Gasteiger partial charge in [0.1, 0.15) is 5.69 Å².